The average molecular weight is 179 g/mol. The van der Waals surface area contributed by atoms with E-state index in [2.05, 4.69) is 0 Å². The van der Waals surface area contributed by atoms with Crippen LogP contribution in [-0.2, 0) is 4.74 Å². The number of nitrogens with two attached hydrogens (primary N) is 1. The highest BCUT2D eigenvalue weighted by Crippen LogP contribution is 2.17. The molecule has 6 heteroatoms. The van der Waals surface area contributed by atoms with Crippen LogP contribution >= 0.6 is 0 Å². The van der Waals surface area contributed by atoms with Gasteiger partial charge in [-0.1, -0.05) is 0 Å². The van der Waals surface area contributed by atoms with Crippen molar-refractivity contribution >= 4 is 0 Å². The summed E-state index contributed by atoms with van der Waals surface area (Å²) in [6, 6.07) is 0. The first-order valence-corrected chi connectivity index (χ1v) is 3.64. The molecule has 0 aromatic heterocycles. The van der Waals surface area contributed by atoms with Crippen LogP contribution in [-0.4, -0.2) is 57.7 Å². The maximum atomic E-state index is 9.18. The van der Waals surface area contributed by atoms with E-state index in [9.17, 15) is 5.11 Å². The van der Waals surface area contributed by atoms with E-state index < -0.39 is 37.3 Å². The minimum Gasteiger partial charge on any atom is -0.394 e. The average Bonchev–Trinajstić information content (AvgIpc) is 2.08. The van der Waals surface area contributed by atoms with Gasteiger partial charge in [-0.2, -0.15) is 0 Å². The van der Waals surface area contributed by atoms with Crippen LogP contribution in [0.25, 0.3) is 0 Å². The van der Waals surface area contributed by atoms with Gasteiger partial charge in [0.1, 0.15) is 30.6 Å². The first kappa shape index (κ1) is 9.85. The van der Waals surface area contributed by atoms with Crippen molar-refractivity contribution in [3.05, 3.63) is 0 Å². The Bertz CT molecular complexity index is 150. The third-order valence-corrected chi connectivity index (χ3v) is 1.93. The number of hydrogen-bond donors (Lipinski definition) is 5. The second-order valence-electron chi connectivity index (χ2n) is 2.79. The molecular formula is C6H13NO5. The van der Waals surface area contributed by atoms with Crippen LogP contribution in [0.4, 0.5) is 0 Å². The summed E-state index contributed by atoms with van der Waals surface area (Å²) < 4.78 is 4.80. The third kappa shape index (κ3) is 1.58. The predicted octanol–water partition coefficient (Wildman–Crippen LogP) is -3.25. The summed E-state index contributed by atoms with van der Waals surface area (Å²) in [6.45, 7) is -0.446. The Morgan fingerprint density at radius 3 is 2.17 bits per heavy atom. The van der Waals surface area contributed by atoms with Crippen molar-refractivity contribution < 1.29 is 25.2 Å². The molecule has 1 aliphatic heterocycles. The zero-order valence-electron chi connectivity index (χ0n) is 6.37. The SMILES string of the molecule is NC1O[C@@H](CO)[C@H](O)[C@@H](O)[C@@H]1O. The van der Waals surface area contributed by atoms with Crippen molar-refractivity contribution in [3.63, 3.8) is 0 Å². The molecule has 6 nitrogen and oxygen atoms in total. The largest absolute Gasteiger partial charge is 0.394 e. The van der Waals surface area contributed by atoms with E-state index >= 15 is 0 Å². The van der Waals surface area contributed by atoms with Gasteiger partial charge in [-0.3, -0.25) is 0 Å². The zero-order chi connectivity index (χ0) is 9.30. The quantitative estimate of drug-likeness (QED) is 0.288. The first-order chi connectivity index (χ1) is 5.57. The molecule has 1 rings (SSSR count). The second-order valence-corrected chi connectivity index (χ2v) is 2.79. The highest BCUT2D eigenvalue weighted by molar-refractivity contribution is 4.89. The van der Waals surface area contributed by atoms with Gasteiger partial charge >= 0.3 is 0 Å². The Morgan fingerprint density at radius 2 is 1.67 bits per heavy atom. The smallest absolute Gasteiger partial charge is 0.135 e. The van der Waals surface area contributed by atoms with Crippen molar-refractivity contribution in [1.29, 1.82) is 0 Å². The summed E-state index contributed by atoms with van der Waals surface area (Å²) in [6.07, 6.45) is -5.99. The number of aliphatic hydroxyl groups is 4. The van der Waals surface area contributed by atoms with Crippen molar-refractivity contribution in [2.24, 2.45) is 5.73 Å². The number of rotatable bonds is 1. The molecule has 0 amide bonds. The topological polar surface area (TPSA) is 116 Å². The predicted molar refractivity (Wildman–Crippen MR) is 38.0 cm³/mol. The molecule has 1 unspecified atom stereocenters. The second kappa shape index (κ2) is 3.65. The van der Waals surface area contributed by atoms with Gasteiger partial charge in [0.2, 0.25) is 0 Å². The van der Waals surface area contributed by atoms with E-state index in [0.29, 0.717) is 0 Å². The molecule has 12 heavy (non-hydrogen) atoms. The van der Waals surface area contributed by atoms with Crippen LogP contribution in [0.2, 0.25) is 0 Å². The molecule has 0 spiro atoms. The van der Waals surface area contributed by atoms with Gasteiger partial charge < -0.3 is 30.9 Å². The Balaban J connectivity index is 2.63. The third-order valence-electron chi connectivity index (χ3n) is 1.93. The van der Waals surface area contributed by atoms with Crippen molar-refractivity contribution in [1.82, 2.24) is 0 Å². The Morgan fingerprint density at radius 1 is 1.08 bits per heavy atom. The summed E-state index contributed by atoms with van der Waals surface area (Å²) >= 11 is 0. The van der Waals surface area contributed by atoms with Gasteiger partial charge in [0.25, 0.3) is 0 Å². The van der Waals surface area contributed by atoms with Crippen LogP contribution < -0.4 is 5.73 Å². The molecule has 1 saturated heterocycles. The number of aliphatic hydroxyl groups excluding tert-OH is 4. The molecule has 0 aromatic rings. The van der Waals surface area contributed by atoms with Crippen LogP contribution in [0.15, 0.2) is 0 Å². The zero-order valence-corrected chi connectivity index (χ0v) is 6.37. The van der Waals surface area contributed by atoms with Crippen LogP contribution in [0, 0.1) is 0 Å². The fourth-order valence-corrected chi connectivity index (χ4v) is 1.13. The molecular weight excluding hydrogens is 166 g/mol. The van der Waals surface area contributed by atoms with Crippen molar-refractivity contribution in [3.8, 4) is 0 Å². The van der Waals surface area contributed by atoms with Gasteiger partial charge in [0, 0.05) is 0 Å². The highest BCUT2D eigenvalue weighted by atomic mass is 16.6. The van der Waals surface area contributed by atoms with E-state index in [1.54, 1.807) is 0 Å². The highest BCUT2D eigenvalue weighted by Gasteiger charge is 2.41. The van der Waals surface area contributed by atoms with Gasteiger partial charge in [0.05, 0.1) is 6.61 Å². The molecule has 0 saturated carbocycles. The first-order valence-electron chi connectivity index (χ1n) is 3.64. The summed E-state index contributed by atoms with van der Waals surface area (Å²) in [5.41, 5.74) is 5.24. The fraction of sp³-hybridized carbons (Fsp3) is 1.00. The van der Waals surface area contributed by atoms with Crippen LogP contribution in [0.3, 0.4) is 0 Å². The summed E-state index contributed by atoms with van der Waals surface area (Å²) in [5.74, 6) is 0. The summed E-state index contributed by atoms with van der Waals surface area (Å²) in [4.78, 5) is 0. The Kier molecular flexibility index (Phi) is 2.99. The Labute approximate surface area is 69.2 Å². The molecule has 1 fully saturated rings. The van der Waals surface area contributed by atoms with E-state index in [0.717, 1.165) is 0 Å². The summed E-state index contributed by atoms with van der Waals surface area (Å²) in [5, 5.41) is 36.1. The summed E-state index contributed by atoms with van der Waals surface area (Å²) in [7, 11) is 0. The van der Waals surface area contributed by atoms with Gasteiger partial charge in [-0.15, -0.1) is 0 Å². The molecule has 1 aliphatic rings. The Hall–Kier alpha value is -0.240. The van der Waals surface area contributed by atoms with E-state index in [-0.39, 0.29) is 0 Å². The molecule has 0 aromatic carbocycles. The fourth-order valence-electron chi connectivity index (χ4n) is 1.13. The van der Waals surface area contributed by atoms with E-state index in [1.807, 2.05) is 0 Å². The van der Waals surface area contributed by atoms with E-state index in [4.69, 9.17) is 25.8 Å². The van der Waals surface area contributed by atoms with Crippen LogP contribution in [0.1, 0.15) is 0 Å². The molecule has 5 atom stereocenters. The molecule has 1 heterocycles. The minimum atomic E-state index is -1.37. The van der Waals surface area contributed by atoms with Crippen molar-refractivity contribution in [2.45, 2.75) is 30.6 Å². The maximum Gasteiger partial charge on any atom is 0.135 e. The van der Waals surface area contributed by atoms with Gasteiger partial charge in [-0.25, -0.2) is 0 Å². The lowest BCUT2D eigenvalue weighted by Gasteiger charge is -2.38. The van der Waals surface area contributed by atoms with E-state index in [1.165, 1.54) is 0 Å². The molecule has 0 aliphatic carbocycles. The molecule has 0 radical (unpaired) electrons. The van der Waals surface area contributed by atoms with Gasteiger partial charge in [0.15, 0.2) is 0 Å². The lowest BCUT2D eigenvalue weighted by molar-refractivity contribution is -0.227. The molecule has 72 valence electrons. The standard InChI is InChI=1S/C6H13NO5/c7-6-5(11)4(10)3(9)2(1-8)12-6/h2-6,8-11H,1,7H2/t2-,3-,4+,5-,6?/m0/s1. The van der Waals surface area contributed by atoms with Crippen molar-refractivity contribution in [2.75, 3.05) is 6.61 Å². The normalized spacial score (nSPS) is 49.2. The van der Waals surface area contributed by atoms with Crippen LogP contribution in [0.5, 0.6) is 0 Å². The maximum absolute atomic E-state index is 9.18. The lowest BCUT2D eigenvalue weighted by Crippen LogP contribution is -2.61. The lowest BCUT2D eigenvalue weighted by atomic mass is 9.99. The molecule has 6 N–H and O–H groups in total. The number of ether oxygens (including phenoxy) is 1. The number of hydrogen-bond acceptors (Lipinski definition) is 6. The monoisotopic (exact) mass is 179 g/mol. The van der Waals surface area contributed by atoms with Gasteiger partial charge in [-0.05, 0) is 0 Å². The minimum absolute atomic E-state index is 0.446. The molecule has 0 bridgehead atoms.